The summed E-state index contributed by atoms with van der Waals surface area (Å²) in [5.41, 5.74) is 4.54. The lowest BCUT2D eigenvalue weighted by Gasteiger charge is -2.35. The third-order valence-electron chi connectivity index (χ3n) is 5.02. The predicted molar refractivity (Wildman–Crippen MR) is 103 cm³/mol. The van der Waals surface area contributed by atoms with Crippen molar-refractivity contribution in [1.82, 2.24) is 19.8 Å². The molecule has 0 atom stereocenters. The monoisotopic (exact) mass is 362 g/mol. The number of hydrogen-bond acceptors (Lipinski definition) is 3. The summed E-state index contributed by atoms with van der Waals surface area (Å²) in [6.45, 7) is 4.28. The van der Waals surface area contributed by atoms with E-state index in [0.29, 0.717) is 38.2 Å². The number of aromatic nitrogens is 2. The Morgan fingerprint density at radius 3 is 2.59 bits per heavy atom. The van der Waals surface area contributed by atoms with Crippen LogP contribution in [0.25, 0.3) is 11.0 Å². The van der Waals surface area contributed by atoms with Crippen LogP contribution in [0.5, 0.6) is 0 Å². The van der Waals surface area contributed by atoms with E-state index in [4.69, 9.17) is 0 Å². The van der Waals surface area contributed by atoms with Gasteiger partial charge in [0.25, 0.3) is 5.91 Å². The van der Waals surface area contributed by atoms with Gasteiger partial charge in [-0.25, -0.2) is 4.98 Å². The van der Waals surface area contributed by atoms with Crippen molar-refractivity contribution in [3.05, 3.63) is 65.5 Å². The fraction of sp³-hybridized carbons (Fsp3) is 0.286. The van der Waals surface area contributed by atoms with Crippen molar-refractivity contribution in [1.29, 1.82) is 0 Å². The molecule has 27 heavy (non-hydrogen) atoms. The summed E-state index contributed by atoms with van der Waals surface area (Å²) in [6, 6.07) is 13.5. The molecule has 0 aliphatic carbocycles. The molecule has 2 amide bonds. The maximum atomic E-state index is 12.8. The van der Waals surface area contributed by atoms with Crippen LogP contribution in [0, 0.1) is 6.92 Å². The fourth-order valence-corrected chi connectivity index (χ4v) is 3.52. The van der Waals surface area contributed by atoms with E-state index in [1.807, 2.05) is 53.1 Å². The van der Waals surface area contributed by atoms with Gasteiger partial charge in [0.2, 0.25) is 5.91 Å². The van der Waals surface area contributed by atoms with Gasteiger partial charge in [-0.2, -0.15) is 0 Å². The minimum Gasteiger partial charge on any atom is -0.345 e. The van der Waals surface area contributed by atoms with Gasteiger partial charge >= 0.3 is 0 Å². The summed E-state index contributed by atoms with van der Waals surface area (Å²) >= 11 is 0. The van der Waals surface area contributed by atoms with Crippen LogP contribution < -0.4 is 0 Å². The van der Waals surface area contributed by atoms with Gasteiger partial charge < -0.3 is 14.8 Å². The standard InChI is InChI=1S/C21H22N4O2/c1-15-3-2-4-16(11-15)12-20(26)24-7-9-25(10-8-24)21(27)17-5-6-18-19(13-17)23-14-22-18/h2-6,11,13-14H,7-10,12H2,1H3,(H,22,23). The Balaban J connectivity index is 1.36. The minimum atomic E-state index is -0.00252. The Morgan fingerprint density at radius 1 is 1.04 bits per heavy atom. The molecule has 1 aliphatic rings. The zero-order valence-electron chi connectivity index (χ0n) is 15.3. The summed E-state index contributed by atoms with van der Waals surface area (Å²) in [4.78, 5) is 36.2. The molecule has 0 spiro atoms. The highest BCUT2D eigenvalue weighted by atomic mass is 16.2. The van der Waals surface area contributed by atoms with Gasteiger partial charge in [0.05, 0.1) is 23.8 Å². The quantitative estimate of drug-likeness (QED) is 0.778. The number of aromatic amines is 1. The van der Waals surface area contributed by atoms with E-state index in [1.165, 1.54) is 0 Å². The van der Waals surface area contributed by atoms with Crippen LogP contribution in [0.4, 0.5) is 0 Å². The normalized spacial score (nSPS) is 14.6. The molecule has 0 radical (unpaired) electrons. The van der Waals surface area contributed by atoms with E-state index in [2.05, 4.69) is 9.97 Å². The van der Waals surface area contributed by atoms with Gasteiger partial charge in [-0.15, -0.1) is 0 Å². The molecule has 2 aromatic carbocycles. The molecule has 0 saturated carbocycles. The van der Waals surface area contributed by atoms with Crippen LogP contribution in [-0.4, -0.2) is 57.8 Å². The first kappa shape index (κ1) is 17.3. The average molecular weight is 362 g/mol. The molecule has 2 heterocycles. The zero-order chi connectivity index (χ0) is 18.8. The first-order valence-electron chi connectivity index (χ1n) is 9.16. The van der Waals surface area contributed by atoms with E-state index < -0.39 is 0 Å². The van der Waals surface area contributed by atoms with E-state index in [0.717, 1.165) is 22.2 Å². The second-order valence-electron chi connectivity index (χ2n) is 6.97. The lowest BCUT2D eigenvalue weighted by molar-refractivity contribution is -0.131. The Bertz CT molecular complexity index is 987. The van der Waals surface area contributed by atoms with E-state index in [9.17, 15) is 9.59 Å². The number of hydrogen-bond donors (Lipinski definition) is 1. The van der Waals surface area contributed by atoms with Crippen LogP contribution in [0.1, 0.15) is 21.5 Å². The molecule has 1 aromatic heterocycles. The summed E-state index contributed by atoms with van der Waals surface area (Å²) in [6.07, 6.45) is 2.03. The molecule has 4 rings (SSSR count). The Labute approximate surface area is 157 Å². The summed E-state index contributed by atoms with van der Waals surface area (Å²) in [7, 11) is 0. The van der Waals surface area contributed by atoms with Crippen molar-refractivity contribution in [2.75, 3.05) is 26.2 Å². The van der Waals surface area contributed by atoms with Crippen molar-refractivity contribution in [3.63, 3.8) is 0 Å². The molecule has 0 bridgehead atoms. The highest BCUT2D eigenvalue weighted by Crippen LogP contribution is 2.15. The third-order valence-corrected chi connectivity index (χ3v) is 5.02. The number of nitrogens with one attached hydrogen (secondary N) is 1. The van der Waals surface area contributed by atoms with Gasteiger partial charge in [0.15, 0.2) is 0 Å². The molecule has 1 aliphatic heterocycles. The lowest BCUT2D eigenvalue weighted by atomic mass is 10.1. The largest absolute Gasteiger partial charge is 0.345 e. The second-order valence-corrected chi connectivity index (χ2v) is 6.97. The van der Waals surface area contributed by atoms with Crippen molar-refractivity contribution in [2.24, 2.45) is 0 Å². The van der Waals surface area contributed by atoms with E-state index in [-0.39, 0.29) is 11.8 Å². The van der Waals surface area contributed by atoms with Crippen LogP contribution in [0.2, 0.25) is 0 Å². The number of aryl methyl sites for hydroxylation is 1. The molecule has 138 valence electrons. The number of nitrogens with zero attached hydrogens (tertiary/aromatic N) is 3. The van der Waals surface area contributed by atoms with Gasteiger partial charge in [-0.3, -0.25) is 9.59 Å². The second kappa shape index (κ2) is 7.23. The summed E-state index contributed by atoms with van der Waals surface area (Å²) in [5.74, 6) is 0.115. The Morgan fingerprint density at radius 2 is 1.81 bits per heavy atom. The van der Waals surface area contributed by atoms with Crippen LogP contribution in [-0.2, 0) is 11.2 Å². The first-order valence-corrected chi connectivity index (χ1v) is 9.16. The molecule has 6 heteroatoms. The predicted octanol–water partition coefficient (Wildman–Crippen LogP) is 2.40. The Kier molecular flexibility index (Phi) is 4.62. The first-order chi connectivity index (χ1) is 13.1. The maximum Gasteiger partial charge on any atom is 0.254 e. The van der Waals surface area contributed by atoms with E-state index >= 15 is 0 Å². The average Bonchev–Trinajstić information content (AvgIpc) is 3.15. The highest BCUT2D eigenvalue weighted by molar-refractivity contribution is 5.97. The molecular formula is C21H22N4O2. The van der Waals surface area contributed by atoms with Crippen LogP contribution >= 0.6 is 0 Å². The number of fused-ring (bicyclic) bond motifs is 1. The van der Waals surface area contributed by atoms with Crippen molar-refractivity contribution < 1.29 is 9.59 Å². The van der Waals surface area contributed by atoms with Crippen molar-refractivity contribution in [3.8, 4) is 0 Å². The number of carbonyl (C=O) groups excluding carboxylic acids is 2. The number of piperazine rings is 1. The lowest BCUT2D eigenvalue weighted by Crippen LogP contribution is -2.51. The molecule has 3 aromatic rings. The smallest absolute Gasteiger partial charge is 0.254 e. The number of benzene rings is 2. The van der Waals surface area contributed by atoms with Crippen LogP contribution in [0.15, 0.2) is 48.8 Å². The van der Waals surface area contributed by atoms with Gasteiger partial charge in [-0.1, -0.05) is 29.8 Å². The number of amides is 2. The topological polar surface area (TPSA) is 69.3 Å². The Hall–Kier alpha value is -3.15. The van der Waals surface area contributed by atoms with Gasteiger partial charge in [0, 0.05) is 31.7 Å². The molecular weight excluding hydrogens is 340 g/mol. The third kappa shape index (κ3) is 3.69. The highest BCUT2D eigenvalue weighted by Gasteiger charge is 2.25. The molecule has 1 N–H and O–H groups in total. The number of imidazole rings is 1. The number of H-pyrrole nitrogens is 1. The molecule has 0 unspecified atom stereocenters. The van der Waals surface area contributed by atoms with Gasteiger partial charge in [-0.05, 0) is 30.7 Å². The summed E-state index contributed by atoms with van der Waals surface area (Å²) < 4.78 is 0. The molecule has 1 fully saturated rings. The number of carbonyl (C=O) groups is 2. The minimum absolute atomic E-state index is 0.00252. The fourth-order valence-electron chi connectivity index (χ4n) is 3.52. The zero-order valence-corrected chi connectivity index (χ0v) is 15.3. The molecule has 6 nitrogen and oxygen atoms in total. The molecule has 1 saturated heterocycles. The SMILES string of the molecule is Cc1cccc(CC(=O)N2CCN(C(=O)c3ccc4nc[nH]c4c3)CC2)c1. The van der Waals surface area contributed by atoms with Gasteiger partial charge in [0.1, 0.15) is 0 Å². The van der Waals surface area contributed by atoms with E-state index in [1.54, 1.807) is 12.4 Å². The van der Waals surface area contributed by atoms with Crippen molar-refractivity contribution >= 4 is 22.8 Å². The number of rotatable bonds is 3. The maximum absolute atomic E-state index is 12.8. The summed E-state index contributed by atoms with van der Waals surface area (Å²) in [5, 5.41) is 0. The van der Waals surface area contributed by atoms with Crippen molar-refractivity contribution in [2.45, 2.75) is 13.3 Å². The van der Waals surface area contributed by atoms with Crippen LogP contribution in [0.3, 0.4) is 0 Å².